The number of carbonyl (C=O) groups is 2. The Bertz CT molecular complexity index is 1410. The molecule has 1 N–H and O–H groups in total. The third kappa shape index (κ3) is 9.27. The molecule has 0 saturated carbocycles. The minimum Gasteiger partial charge on any atom is -0.494 e. The maximum absolute atomic E-state index is 12.9. The largest absolute Gasteiger partial charge is 0.494 e. The van der Waals surface area contributed by atoms with Gasteiger partial charge in [-0.2, -0.15) is 5.10 Å². The van der Waals surface area contributed by atoms with Gasteiger partial charge in [-0.15, -0.1) is 0 Å². The van der Waals surface area contributed by atoms with Gasteiger partial charge in [-0.1, -0.05) is 30.1 Å². The van der Waals surface area contributed by atoms with E-state index in [1.54, 1.807) is 97.1 Å². The van der Waals surface area contributed by atoms with Crippen LogP contribution in [0.5, 0.6) is 23.0 Å². The molecule has 4 rings (SSSR count). The first-order chi connectivity index (χ1) is 19.9. The van der Waals surface area contributed by atoms with Crippen molar-refractivity contribution in [1.82, 2.24) is 5.43 Å². The molecular formula is C31H26Cl2N2O6. The second kappa shape index (κ2) is 14.7. The van der Waals surface area contributed by atoms with Gasteiger partial charge in [0.25, 0.3) is 0 Å². The van der Waals surface area contributed by atoms with Crippen LogP contribution in [0.2, 0.25) is 10.0 Å². The third-order valence-corrected chi connectivity index (χ3v) is 5.87. The average molecular weight is 593 g/mol. The summed E-state index contributed by atoms with van der Waals surface area (Å²) in [5.74, 6) is 0.654. The molecule has 0 radical (unpaired) electrons. The molecule has 0 aliphatic heterocycles. The molecule has 0 spiro atoms. The Morgan fingerprint density at radius 2 is 1.27 bits per heavy atom. The van der Waals surface area contributed by atoms with Crippen molar-refractivity contribution in [3.05, 3.63) is 118 Å². The smallest absolute Gasteiger partial charge is 0.343 e. The summed E-state index contributed by atoms with van der Waals surface area (Å²) in [5.41, 5.74) is 3.46. The summed E-state index contributed by atoms with van der Waals surface area (Å²) in [6.07, 6.45) is 0.971. The molecule has 0 aromatic heterocycles. The van der Waals surface area contributed by atoms with Crippen LogP contribution in [0.25, 0.3) is 0 Å². The van der Waals surface area contributed by atoms with Gasteiger partial charge in [0.05, 0.1) is 18.4 Å². The van der Waals surface area contributed by atoms with Crippen LogP contribution in [0, 0.1) is 0 Å². The monoisotopic (exact) mass is 592 g/mol. The number of rotatable bonds is 12. The summed E-state index contributed by atoms with van der Waals surface area (Å²) in [4.78, 5) is 25.3. The van der Waals surface area contributed by atoms with Gasteiger partial charge in [-0.25, -0.2) is 10.2 Å². The van der Waals surface area contributed by atoms with Crippen molar-refractivity contribution in [2.24, 2.45) is 5.10 Å². The van der Waals surface area contributed by atoms with Crippen molar-refractivity contribution in [3.8, 4) is 23.0 Å². The molecule has 0 fully saturated rings. The first-order valence-electron chi connectivity index (χ1n) is 12.6. The predicted molar refractivity (Wildman–Crippen MR) is 157 cm³/mol. The van der Waals surface area contributed by atoms with Gasteiger partial charge in [-0.05, 0) is 109 Å². The molecule has 0 saturated heterocycles. The summed E-state index contributed by atoms with van der Waals surface area (Å²) < 4.78 is 22.4. The van der Waals surface area contributed by atoms with Crippen molar-refractivity contribution in [2.45, 2.75) is 19.6 Å². The zero-order valence-electron chi connectivity index (χ0n) is 22.0. The maximum Gasteiger partial charge on any atom is 0.343 e. The van der Waals surface area contributed by atoms with E-state index < -0.39 is 18.2 Å². The first kappa shape index (κ1) is 29.5. The molecule has 4 aromatic rings. The molecule has 4 aromatic carbocycles. The molecule has 0 aliphatic carbocycles. The Hall–Kier alpha value is -4.53. The van der Waals surface area contributed by atoms with Crippen molar-refractivity contribution in [1.29, 1.82) is 0 Å². The van der Waals surface area contributed by atoms with Crippen LogP contribution in [0.4, 0.5) is 0 Å². The van der Waals surface area contributed by atoms with Gasteiger partial charge in [0, 0.05) is 10.0 Å². The van der Waals surface area contributed by atoms with E-state index in [0.29, 0.717) is 50.8 Å². The third-order valence-electron chi connectivity index (χ3n) is 5.37. The summed E-state index contributed by atoms with van der Waals surface area (Å²) in [6.45, 7) is 2.63. The van der Waals surface area contributed by atoms with E-state index in [1.807, 2.05) is 6.92 Å². The Morgan fingerprint density at radius 3 is 1.80 bits per heavy atom. The number of hydrogen-bond donors (Lipinski definition) is 1. The number of carbonyl (C=O) groups excluding carboxylic acids is 2. The van der Waals surface area contributed by atoms with Gasteiger partial charge in [0.15, 0.2) is 0 Å². The lowest BCUT2D eigenvalue weighted by Crippen LogP contribution is -2.40. The van der Waals surface area contributed by atoms with E-state index in [1.165, 1.54) is 6.21 Å². The van der Waals surface area contributed by atoms with Crippen LogP contribution in [0.15, 0.2) is 102 Å². The second-order valence-corrected chi connectivity index (χ2v) is 9.41. The van der Waals surface area contributed by atoms with E-state index in [0.717, 1.165) is 6.42 Å². The highest BCUT2D eigenvalue weighted by Gasteiger charge is 2.22. The van der Waals surface area contributed by atoms with Crippen LogP contribution in [0.3, 0.4) is 0 Å². The van der Waals surface area contributed by atoms with Gasteiger partial charge in [0.1, 0.15) is 23.0 Å². The van der Waals surface area contributed by atoms with Crippen LogP contribution < -0.4 is 24.4 Å². The Balaban J connectivity index is 1.34. The molecule has 0 atom stereocenters. The zero-order chi connectivity index (χ0) is 29.0. The molecule has 10 heteroatoms. The number of esters is 1. The van der Waals surface area contributed by atoms with Crippen molar-refractivity contribution >= 4 is 41.3 Å². The lowest BCUT2D eigenvalue weighted by molar-refractivity contribution is -0.140. The van der Waals surface area contributed by atoms with Crippen LogP contribution in [-0.4, -0.2) is 31.0 Å². The minimum absolute atomic E-state index is 0.357. The van der Waals surface area contributed by atoms with Gasteiger partial charge >= 0.3 is 18.2 Å². The summed E-state index contributed by atoms with van der Waals surface area (Å²) in [6, 6.07) is 26.4. The standard InChI is InChI=1S/C31H26Cl2N2O6/c1-2-19-38-25-13-5-22(6-14-25)30(37)39-26-11-3-21(4-12-26)20-34-35-29(36)31(40-27-15-7-23(32)8-16-27)41-28-17-9-24(33)10-18-28/h3-18,20,31H,2,19H2,1H3,(H,35,36)/b34-20+. The van der Waals surface area contributed by atoms with Gasteiger partial charge in [0.2, 0.25) is 0 Å². The molecule has 0 heterocycles. The molecule has 210 valence electrons. The summed E-state index contributed by atoms with van der Waals surface area (Å²) >= 11 is 11.9. The van der Waals surface area contributed by atoms with E-state index in [2.05, 4.69) is 10.5 Å². The van der Waals surface area contributed by atoms with Crippen LogP contribution in [0.1, 0.15) is 29.3 Å². The number of benzene rings is 4. The van der Waals surface area contributed by atoms with E-state index in [4.69, 9.17) is 42.1 Å². The SMILES string of the molecule is CCCOc1ccc(C(=O)Oc2ccc(/C=N/NC(=O)C(Oc3ccc(Cl)cc3)Oc3ccc(Cl)cc3)cc2)cc1. The number of hydrogen-bond acceptors (Lipinski definition) is 7. The Morgan fingerprint density at radius 1 is 0.756 bits per heavy atom. The summed E-state index contributed by atoms with van der Waals surface area (Å²) in [5, 5.41) is 5.04. The van der Waals surface area contributed by atoms with Crippen LogP contribution in [-0.2, 0) is 4.79 Å². The van der Waals surface area contributed by atoms with Crippen LogP contribution >= 0.6 is 23.2 Å². The van der Waals surface area contributed by atoms with Crippen molar-refractivity contribution in [2.75, 3.05) is 6.61 Å². The lowest BCUT2D eigenvalue weighted by atomic mass is 10.2. The fourth-order valence-electron chi connectivity index (χ4n) is 3.32. The van der Waals surface area contributed by atoms with E-state index >= 15 is 0 Å². The lowest BCUT2D eigenvalue weighted by Gasteiger charge is -2.19. The highest BCUT2D eigenvalue weighted by atomic mass is 35.5. The molecule has 8 nitrogen and oxygen atoms in total. The highest BCUT2D eigenvalue weighted by Crippen LogP contribution is 2.21. The zero-order valence-corrected chi connectivity index (χ0v) is 23.5. The van der Waals surface area contributed by atoms with Gasteiger partial charge < -0.3 is 18.9 Å². The topological polar surface area (TPSA) is 95.5 Å². The highest BCUT2D eigenvalue weighted by molar-refractivity contribution is 6.30. The van der Waals surface area contributed by atoms with Crippen molar-refractivity contribution in [3.63, 3.8) is 0 Å². The molecule has 0 unspecified atom stereocenters. The fourth-order valence-corrected chi connectivity index (χ4v) is 3.57. The number of ether oxygens (including phenoxy) is 4. The Kier molecular flexibility index (Phi) is 10.6. The molecule has 41 heavy (non-hydrogen) atoms. The molecular weight excluding hydrogens is 567 g/mol. The molecule has 0 aliphatic rings. The van der Waals surface area contributed by atoms with E-state index in [-0.39, 0.29) is 0 Å². The normalized spacial score (nSPS) is 10.8. The average Bonchev–Trinajstić information content (AvgIpc) is 2.99. The van der Waals surface area contributed by atoms with Crippen molar-refractivity contribution < 1.29 is 28.5 Å². The number of halogens is 2. The summed E-state index contributed by atoms with van der Waals surface area (Å²) in [7, 11) is 0. The van der Waals surface area contributed by atoms with E-state index in [9.17, 15) is 9.59 Å². The fraction of sp³-hybridized carbons (Fsp3) is 0.129. The quantitative estimate of drug-likeness (QED) is 0.0629. The minimum atomic E-state index is -1.36. The number of nitrogens with zero attached hydrogens (tertiary/aromatic N) is 1. The molecule has 0 bridgehead atoms. The molecule has 1 amide bonds. The maximum atomic E-state index is 12.9. The number of hydrazone groups is 1. The predicted octanol–water partition coefficient (Wildman–Crippen LogP) is 6.94. The number of amides is 1. The Labute approximate surface area is 247 Å². The van der Waals surface area contributed by atoms with Gasteiger partial charge in [-0.3, -0.25) is 4.79 Å². The number of nitrogens with one attached hydrogen (secondary N) is 1. The first-order valence-corrected chi connectivity index (χ1v) is 13.4. The second-order valence-electron chi connectivity index (χ2n) is 8.54.